The summed E-state index contributed by atoms with van der Waals surface area (Å²) < 4.78 is 1.88. The van der Waals surface area contributed by atoms with Gasteiger partial charge in [-0.15, -0.1) is 0 Å². The van der Waals surface area contributed by atoms with Crippen molar-refractivity contribution in [2.75, 3.05) is 0 Å². The minimum absolute atomic E-state index is 0.0439. The molecule has 0 amide bonds. The summed E-state index contributed by atoms with van der Waals surface area (Å²) in [7, 11) is 0. The van der Waals surface area contributed by atoms with E-state index >= 15 is 0 Å². The smallest absolute Gasteiger partial charge is 0.0886 e. The highest BCUT2D eigenvalue weighted by Gasteiger charge is 2.07. The normalized spacial score (nSPS) is 11.0. The van der Waals surface area contributed by atoms with E-state index in [9.17, 15) is 0 Å². The third-order valence-corrected chi connectivity index (χ3v) is 3.14. The molecule has 0 unspecified atom stereocenters. The highest BCUT2D eigenvalue weighted by atomic mass is 79.9. The van der Waals surface area contributed by atoms with Crippen LogP contribution in [-0.4, -0.2) is 10.1 Å². The molecular weight excluding hydrogens is 298 g/mol. The molecule has 1 aromatic carbocycles. The summed E-state index contributed by atoms with van der Waals surface area (Å²) in [5, 5.41) is 10.2. The zero-order chi connectivity index (χ0) is 9.42. The average molecular weight is 305 g/mol. The van der Waals surface area contributed by atoms with Crippen molar-refractivity contribution in [3.8, 4) is 0 Å². The topological polar surface area (TPSA) is 36.0 Å². The summed E-state index contributed by atoms with van der Waals surface area (Å²) >= 11 is 6.75. The van der Waals surface area contributed by atoms with Gasteiger partial charge in [-0.3, -0.25) is 0 Å². The van der Waals surface area contributed by atoms with Gasteiger partial charge in [-0.2, -0.15) is 0 Å². The van der Waals surface area contributed by atoms with Gasteiger partial charge < -0.3 is 10.1 Å². The molecule has 4 heteroatoms. The second-order valence-corrected chi connectivity index (χ2v) is 4.47. The van der Waals surface area contributed by atoms with E-state index in [1.165, 1.54) is 0 Å². The molecule has 0 radical (unpaired) electrons. The molecule has 68 valence electrons. The number of hydrogen-bond acceptors (Lipinski definition) is 1. The Bertz CT molecular complexity index is 450. The van der Waals surface area contributed by atoms with E-state index in [1.807, 2.05) is 18.2 Å². The van der Waals surface area contributed by atoms with Gasteiger partial charge in [-0.05, 0) is 28.1 Å². The lowest BCUT2D eigenvalue weighted by Crippen LogP contribution is -1.80. The van der Waals surface area contributed by atoms with Crippen molar-refractivity contribution in [1.82, 2.24) is 4.98 Å². The van der Waals surface area contributed by atoms with Crippen LogP contribution < -0.4 is 0 Å². The SMILES string of the molecule is OCc1c(Br)[nH]c2cc(Br)ccc12. The molecule has 1 aromatic heterocycles. The quantitative estimate of drug-likeness (QED) is 0.834. The maximum Gasteiger partial charge on any atom is 0.0886 e. The molecule has 0 spiro atoms. The van der Waals surface area contributed by atoms with Crippen LogP contribution >= 0.6 is 31.9 Å². The van der Waals surface area contributed by atoms with E-state index in [2.05, 4.69) is 36.8 Å². The Labute approximate surface area is 92.2 Å². The van der Waals surface area contributed by atoms with Gasteiger partial charge in [0, 0.05) is 20.9 Å². The van der Waals surface area contributed by atoms with Crippen molar-refractivity contribution in [3.63, 3.8) is 0 Å². The Hall–Kier alpha value is -0.320. The van der Waals surface area contributed by atoms with E-state index in [-0.39, 0.29) is 6.61 Å². The van der Waals surface area contributed by atoms with Gasteiger partial charge in [0.1, 0.15) is 0 Å². The van der Waals surface area contributed by atoms with Gasteiger partial charge in [-0.25, -0.2) is 0 Å². The summed E-state index contributed by atoms with van der Waals surface area (Å²) in [5.74, 6) is 0. The van der Waals surface area contributed by atoms with Crippen LogP contribution in [0.5, 0.6) is 0 Å². The molecule has 0 aliphatic carbocycles. The third-order valence-electron chi connectivity index (χ3n) is 1.97. The summed E-state index contributed by atoms with van der Waals surface area (Å²) in [6, 6.07) is 5.92. The van der Waals surface area contributed by atoms with Crippen LogP contribution in [0.4, 0.5) is 0 Å². The molecular formula is C9H7Br2NO. The molecule has 0 aliphatic heterocycles. The maximum atomic E-state index is 9.11. The Kier molecular flexibility index (Phi) is 2.45. The molecule has 1 heterocycles. The second kappa shape index (κ2) is 3.44. The Morgan fingerprint density at radius 1 is 1.31 bits per heavy atom. The van der Waals surface area contributed by atoms with E-state index in [4.69, 9.17) is 5.11 Å². The number of aliphatic hydroxyl groups excluding tert-OH is 1. The van der Waals surface area contributed by atoms with Crippen LogP contribution in [0.25, 0.3) is 10.9 Å². The van der Waals surface area contributed by atoms with Crippen LogP contribution in [0.3, 0.4) is 0 Å². The Balaban J connectivity index is 2.79. The van der Waals surface area contributed by atoms with Gasteiger partial charge in [0.15, 0.2) is 0 Å². The van der Waals surface area contributed by atoms with Gasteiger partial charge in [-0.1, -0.05) is 22.0 Å². The molecule has 0 saturated carbocycles. The zero-order valence-electron chi connectivity index (χ0n) is 6.64. The van der Waals surface area contributed by atoms with Crippen LogP contribution in [0, 0.1) is 0 Å². The number of hydrogen-bond donors (Lipinski definition) is 2. The first kappa shape index (κ1) is 9.24. The van der Waals surface area contributed by atoms with Crippen LogP contribution in [0.15, 0.2) is 27.3 Å². The number of nitrogens with one attached hydrogen (secondary N) is 1. The number of halogens is 2. The fraction of sp³-hybridized carbons (Fsp3) is 0.111. The first-order chi connectivity index (χ1) is 6.22. The summed E-state index contributed by atoms with van der Waals surface area (Å²) in [6.07, 6.45) is 0. The van der Waals surface area contributed by atoms with Gasteiger partial charge >= 0.3 is 0 Å². The lowest BCUT2D eigenvalue weighted by atomic mass is 10.2. The zero-order valence-corrected chi connectivity index (χ0v) is 9.81. The van der Waals surface area contributed by atoms with Gasteiger partial charge in [0.2, 0.25) is 0 Å². The number of aromatic amines is 1. The Morgan fingerprint density at radius 2 is 2.08 bits per heavy atom. The summed E-state index contributed by atoms with van der Waals surface area (Å²) in [4.78, 5) is 3.15. The first-order valence-electron chi connectivity index (χ1n) is 3.79. The number of benzene rings is 1. The van der Waals surface area contributed by atoms with Crippen molar-refractivity contribution < 1.29 is 5.11 Å². The van der Waals surface area contributed by atoms with Crippen LogP contribution in [0.2, 0.25) is 0 Å². The number of H-pyrrole nitrogens is 1. The number of aromatic nitrogens is 1. The van der Waals surface area contributed by atoms with E-state index in [1.54, 1.807) is 0 Å². The second-order valence-electron chi connectivity index (χ2n) is 2.77. The average Bonchev–Trinajstić information content (AvgIpc) is 2.39. The largest absolute Gasteiger partial charge is 0.392 e. The highest BCUT2D eigenvalue weighted by Crippen LogP contribution is 2.28. The molecule has 2 rings (SSSR count). The fourth-order valence-electron chi connectivity index (χ4n) is 1.35. The van der Waals surface area contributed by atoms with Gasteiger partial charge in [0.05, 0.1) is 11.2 Å². The molecule has 0 bridgehead atoms. The van der Waals surface area contributed by atoms with Gasteiger partial charge in [0.25, 0.3) is 0 Å². The predicted molar refractivity (Wildman–Crippen MR) is 59.6 cm³/mol. The number of fused-ring (bicyclic) bond motifs is 1. The molecule has 0 saturated heterocycles. The van der Waals surface area contributed by atoms with E-state index < -0.39 is 0 Å². The van der Waals surface area contributed by atoms with Crippen molar-refractivity contribution >= 4 is 42.8 Å². The molecule has 2 aromatic rings. The molecule has 0 fully saturated rings. The minimum Gasteiger partial charge on any atom is -0.392 e. The molecule has 2 nitrogen and oxygen atoms in total. The lowest BCUT2D eigenvalue weighted by Gasteiger charge is -1.93. The highest BCUT2D eigenvalue weighted by molar-refractivity contribution is 9.10. The van der Waals surface area contributed by atoms with Crippen molar-refractivity contribution in [2.45, 2.75) is 6.61 Å². The minimum atomic E-state index is 0.0439. The monoisotopic (exact) mass is 303 g/mol. The summed E-state index contributed by atoms with van der Waals surface area (Å²) in [5.41, 5.74) is 1.92. The molecule has 0 atom stereocenters. The molecule has 13 heavy (non-hydrogen) atoms. The lowest BCUT2D eigenvalue weighted by molar-refractivity contribution is 0.282. The number of rotatable bonds is 1. The van der Waals surface area contributed by atoms with Crippen molar-refractivity contribution in [3.05, 3.63) is 32.8 Å². The summed E-state index contributed by atoms with van der Waals surface area (Å²) in [6.45, 7) is 0.0439. The van der Waals surface area contributed by atoms with Crippen LogP contribution in [-0.2, 0) is 6.61 Å². The predicted octanol–water partition coefficient (Wildman–Crippen LogP) is 3.19. The standard InChI is InChI=1S/C9H7Br2NO/c10-5-1-2-6-7(4-13)9(11)12-8(6)3-5/h1-3,12-13H,4H2. The molecule has 2 N–H and O–H groups in total. The Morgan fingerprint density at radius 3 is 2.77 bits per heavy atom. The third kappa shape index (κ3) is 1.54. The van der Waals surface area contributed by atoms with E-state index in [0.717, 1.165) is 25.5 Å². The maximum absolute atomic E-state index is 9.11. The molecule has 0 aliphatic rings. The number of aliphatic hydroxyl groups is 1. The van der Waals surface area contributed by atoms with E-state index in [0.29, 0.717) is 0 Å². The van der Waals surface area contributed by atoms with Crippen molar-refractivity contribution in [1.29, 1.82) is 0 Å². The van der Waals surface area contributed by atoms with Crippen LogP contribution in [0.1, 0.15) is 5.56 Å². The van der Waals surface area contributed by atoms with Crippen molar-refractivity contribution in [2.24, 2.45) is 0 Å². The first-order valence-corrected chi connectivity index (χ1v) is 5.37. The fourth-order valence-corrected chi connectivity index (χ4v) is 2.26.